The van der Waals surface area contributed by atoms with Gasteiger partial charge in [-0.25, -0.2) is 0 Å². The molecule has 1 N–H and O–H groups in total. The van der Waals surface area contributed by atoms with Gasteiger partial charge in [-0.1, -0.05) is 55.5 Å². The standard InChI is InChI=1S/C21H23N3O/c1-3-24(2)15-17-8-6-7-16(13-17)14-23-21(25)20-19-10-5-4-9-18(19)11-12-22-20/h4-13H,3,14-15H2,1-2H3,(H,23,25). The van der Waals surface area contributed by atoms with Crippen LogP contribution < -0.4 is 5.32 Å². The molecular weight excluding hydrogens is 310 g/mol. The van der Waals surface area contributed by atoms with Crippen LogP contribution in [0.2, 0.25) is 0 Å². The van der Waals surface area contributed by atoms with E-state index in [1.54, 1.807) is 6.20 Å². The van der Waals surface area contributed by atoms with Crippen molar-refractivity contribution < 1.29 is 4.79 Å². The lowest BCUT2D eigenvalue weighted by Gasteiger charge is -2.14. The lowest BCUT2D eigenvalue weighted by Crippen LogP contribution is -2.24. The number of benzene rings is 2. The van der Waals surface area contributed by atoms with Crippen LogP contribution in [0.5, 0.6) is 0 Å². The first-order chi connectivity index (χ1) is 12.2. The van der Waals surface area contributed by atoms with Crippen molar-refractivity contribution in [3.05, 3.63) is 77.6 Å². The summed E-state index contributed by atoms with van der Waals surface area (Å²) in [6, 6.07) is 18.0. The number of hydrogen-bond acceptors (Lipinski definition) is 3. The molecule has 0 atom stereocenters. The van der Waals surface area contributed by atoms with Gasteiger partial charge in [-0.2, -0.15) is 0 Å². The predicted octanol–water partition coefficient (Wildman–Crippen LogP) is 3.62. The minimum atomic E-state index is -0.145. The summed E-state index contributed by atoms with van der Waals surface area (Å²) in [7, 11) is 2.10. The highest BCUT2D eigenvalue weighted by molar-refractivity contribution is 6.05. The van der Waals surface area contributed by atoms with Crippen molar-refractivity contribution in [1.29, 1.82) is 0 Å². The molecule has 0 aliphatic rings. The molecule has 3 aromatic rings. The Hall–Kier alpha value is -2.72. The van der Waals surface area contributed by atoms with E-state index in [4.69, 9.17) is 0 Å². The third-order valence-electron chi connectivity index (χ3n) is 4.33. The summed E-state index contributed by atoms with van der Waals surface area (Å²) in [5.41, 5.74) is 2.81. The van der Waals surface area contributed by atoms with E-state index in [9.17, 15) is 4.79 Å². The van der Waals surface area contributed by atoms with E-state index in [1.807, 2.05) is 42.5 Å². The van der Waals surface area contributed by atoms with E-state index in [0.717, 1.165) is 29.4 Å². The zero-order valence-electron chi connectivity index (χ0n) is 14.7. The molecule has 0 aliphatic heterocycles. The molecule has 1 amide bonds. The van der Waals surface area contributed by atoms with Gasteiger partial charge in [-0.05, 0) is 36.2 Å². The molecule has 0 bridgehead atoms. The number of amides is 1. The number of pyridine rings is 1. The molecular formula is C21H23N3O. The topological polar surface area (TPSA) is 45.2 Å². The minimum Gasteiger partial charge on any atom is -0.347 e. The number of nitrogens with zero attached hydrogens (tertiary/aromatic N) is 2. The Bertz CT molecular complexity index is 870. The predicted molar refractivity (Wildman–Crippen MR) is 101 cm³/mol. The van der Waals surface area contributed by atoms with Crippen LogP contribution in [0, 0.1) is 0 Å². The molecule has 0 saturated carbocycles. The second-order valence-electron chi connectivity index (χ2n) is 6.21. The number of carbonyl (C=O) groups is 1. The maximum atomic E-state index is 12.6. The van der Waals surface area contributed by atoms with Gasteiger partial charge >= 0.3 is 0 Å². The smallest absolute Gasteiger partial charge is 0.270 e. The minimum absolute atomic E-state index is 0.145. The van der Waals surface area contributed by atoms with Gasteiger partial charge in [0.25, 0.3) is 5.91 Å². The molecule has 2 aromatic carbocycles. The van der Waals surface area contributed by atoms with E-state index >= 15 is 0 Å². The fourth-order valence-electron chi connectivity index (χ4n) is 2.83. The molecule has 0 fully saturated rings. The van der Waals surface area contributed by atoms with E-state index in [-0.39, 0.29) is 5.91 Å². The summed E-state index contributed by atoms with van der Waals surface area (Å²) in [5, 5.41) is 4.88. The van der Waals surface area contributed by atoms with Crippen LogP contribution >= 0.6 is 0 Å². The Morgan fingerprint density at radius 3 is 2.72 bits per heavy atom. The molecule has 4 nitrogen and oxygen atoms in total. The maximum absolute atomic E-state index is 12.6. The second kappa shape index (κ2) is 7.90. The van der Waals surface area contributed by atoms with Gasteiger partial charge in [0.1, 0.15) is 5.69 Å². The van der Waals surface area contributed by atoms with Gasteiger partial charge in [-0.15, -0.1) is 0 Å². The first-order valence-electron chi connectivity index (χ1n) is 8.55. The van der Waals surface area contributed by atoms with Crippen LogP contribution in [0.1, 0.15) is 28.5 Å². The summed E-state index contributed by atoms with van der Waals surface area (Å²) < 4.78 is 0. The average molecular weight is 333 g/mol. The van der Waals surface area contributed by atoms with E-state index in [2.05, 4.69) is 41.3 Å². The van der Waals surface area contributed by atoms with Crippen LogP contribution in [0.15, 0.2) is 60.8 Å². The first-order valence-corrected chi connectivity index (χ1v) is 8.55. The van der Waals surface area contributed by atoms with Crippen molar-refractivity contribution >= 4 is 16.7 Å². The lowest BCUT2D eigenvalue weighted by atomic mass is 10.1. The lowest BCUT2D eigenvalue weighted by molar-refractivity contribution is 0.0948. The van der Waals surface area contributed by atoms with Gasteiger partial charge in [0.15, 0.2) is 0 Å². The van der Waals surface area contributed by atoms with Crippen LogP contribution in [-0.4, -0.2) is 29.4 Å². The average Bonchev–Trinajstić information content (AvgIpc) is 2.66. The molecule has 128 valence electrons. The number of nitrogens with one attached hydrogen (secondary N) is 1. The van der Waals surface area contributed by atoms with Crippen LogP contribution in [-0.2, 0) is 13.1 Å². The first kappa shape index (κ1) is 17.1. The monoisotopic (exact) mass is 333 g/mol. The van der Waals surface area contributed by atoms with E-state index in [1.165, 1.54) is 5.56 Å². The molecule has 0 unspecified atom stereocenters. The number of rotatable bonds is 6. The van der Waals surface area contributed by atoms with Gasteiger partial charge in [0.05, 0.1) is 0 Å². The van der Waals surface area contributed by atoms with Gasteiger partial charge in [-0.3, -0.25) is 9.78 Å². The molecule has 3 rings (SSSR count). The molecule has 0 aliphatic carbocycles. The highest BCUT2D eigenvalue weighted by Gasteiger charge is 2.11. The quantitative estimate of drug-likeness (QED) is 0.749. The van der Waals surface area contributed by atoms with Crippen molar-refractivity contribution in [2.24, 2.45) is 0 Å². The van der Waals surface area contributed by atoms with Gasteiger partial charge in [0, 0.05) is 24.7 Å². The van der Waals surface area contributed by atoms with Crippen molar-refractivity contribution in [2.45, 2.75) is 20.0 Å². The molecule has 0 saturated heterocycles. The van der Waals surface area contributed by atoms with Crippen LogP contribution in [0.25, 0.3) is 10.8 Å². The van der Waals surface area contributed by atoms with Crippen molar-refractivity contribution in [2.75, 3.05) is 13.6 Å². The second-order valence-corrected chi connectivity index (χ2v) is 6.21. The van der Waals surface area contributed by atoms with E-state index in [0.29, 0.717) is 12.2 Å². The molecule has 0 radical (unpaired) electrons. The number of fused-ring (bicyclic) bond motifs is 1. The maximum Gasteiger partial charge on any atom is 0.270 e. The van der Waals surface area contributed by atoms with Crippen LogP contribution in [0.3, 0.4) is 0 Å². The largest absolute Gasteiger partial charge is 0.347 e. The highest BCUT2D eigenvalue weighted by Crippen LogP contribution is 2.16. The van der Waals surface area contributed by atoms with E-state index < -0.39 is 0 Å². The van der Waals surface area contributed by atoms with Crippen molar-refractivity contribution in [1.82, 2.24) is 15.2 Å². The molecule has 1 aromatic heterocycles. The Kier molecular flexibility index (Phi) is 5.41. The third kappa shape index (κ3) is 4.22. The summed E-state index contributed by atoms with van der Waals surface area (Å²) in [6.07, 6.45) is 1.68. The third-order valence-corrected chi connectivity index (χ3v) is 4.33. The summed E-state index contributed by atoms with van der Waals surface area (Å²) >= 11 is 0. The molecule has 4 heteroatoms. The van der Waals surface area contributed by atoms with Crippen LogP contribution in [0.4, 0.5) is 0 Å². The summed E-state index contributed by atoms with van der Waals surface area (Å²) in [6.45, 7) is 4.55. The Balaban J connectivity index is 1.71. The fraction of sp³-hybridized carbons (Fsp3) is 0.238. The number of hydrogen-bond donors (Lipinski definition) is 1. The SMILES string of the molecule is CCN(C)Cc1cccc(CNC(=O)c2nccc3ccccc23)c1. The number of aromatic nitrogens is 1. The van der Waals surface area contributed by atoms with Crippen molar-refractivity contribution in [3.63, 3.8) is 0 Å². The number of carbonyl (C=O) groups excluding carboxylic acids is 1. The normalized spacial score (nSPS) is 11.0. The highest BCUT2D eigenvalue weighted by atomic mass is 16.1. The summed E-state index contributed by atoms with van der Waals surface area (Å²) in [5.74, 6) is -0.145. The fourth-order valence-corrected chi connectivity index (χ4v) is 2.83. The van der Waals surface area contributed by atoms with Gasteiger partial charge < -0.3 is 10.2 Å². The Morgan fingerprint density at radius 2 is 1.88 bits per heavy atom. The Labute approximate surface area is 148 Å². The van der Waals surface area contributed by atoms with Gasteiger partial charge in [0.2, 0.25) is 0 Å². The molecule has 25 heavy (non-hydrogen) atoms. The zero-order chi connectivity index (χ0) is 17.6. The molecule has 1 heterocycles. The zero-order valence-corrected chi connectivity index (χ0v) is 14.7. The Morgan fingerprint density at radius 1 is 1.08 bits per heavy atom. The van der Waals surface area contributed by atoms with Crippen molar-refractivity contribution in [3.8, 4) is 0 Å². The summed E-state index contributed by atoms with van der Waals surface area (Å²) in [4.78, 5) is 19.1. The molecule has 0 spiro atoms.